The van der Waals surface area contributed by atoms with E-state index in [-0.39, 0.29) is 5.41 Å². The molecule has 2 aliphatic rings. The van der Waals surface area contributed by atoms with Crippen LogP contribution in [0, 0.1) is 0 Å². The Morgan fingerprint density at radius 3 is 1.88 bits per heavy atom. The molecule has 302 valence electrons. The van der Waals surface area contributed by atoms with Crippen LogP contribution in [0.2, 0.25) is 0 Å². The van der Waals surface area contributed by atoms with Gasteiger partial charge in [-0.3, -0.25) is 0 Å². The molecule has 2 nitrogen and oxygen atoms in total. The number of benzene rings is 9. The minimum Gasteiger partial charge on any atom is -0.311 e. The van der Waals surface area contributed by atoms with Crippen LogP contribution in [-0.2, 0) is 11.8 Å². The molecule has 0 amide bonds. The lowest BCUT2D eigenvalue weighted by molar-refractivity contribution is 0.637. The third-order valence-electron chi connectivity index (χ3n) is 13.8. The van der Waals surface area contributed by atoms with E-state index in [0.29, 0.717) is 0 Å². The number of anilines is 2. The Morgan fingerprint density at radius 2 is 1.09 bits per heavy atom. The fraction of sp³-hybridized carbons (Fsp3) is 0.0492. The Labute approximate surface area is 376 Å². The minimum absolute atomic E-state index is 0.351. The van der Waals surface area contributed by atoms with Crippen molar-refractivity contribution < 1.29 is 0 Å². The number of nitrogens with zero attached hydrogens (tertiary/aromatic N) is 2. The first kappa shape index (κ1) is 36.9. The number of hydrogen-bond acceptors (Lipinski definition) is 2. The molecule has 9 aromatic carbocycles. The van der Waals surface area contributed by atoms with Crippen LogP contribution in [0.25, 0.3) is 69.9 Å². The van der Waals surface area contributed by atoms with Gasteiger partial charge in [0.25, 0.3) is 0 Å². The zero-order chi connectivity index (χ0) is 42.2. The summed E-state index contributed by atoms with van der Waals surface area (Å²) in [7, 11) is 0. The molecule has 0 atom stereocenters. The monoisotopic (exact) mass is 834 g/mol. The van der Waals surface area contributed by atoms with Gasteiger partial charge in [0.05, 0.1) is 16.4 Å². The van der Waals surface area contributed by atoms with Crippen LogP contribution in [0.1, 0.15) is 28.7 Å². The highest BCUT2D eigenvalue weighted by molar-refractivity contribution is 7.26. The average molecular weight is 835 g/mol. The fourth-order valence-corrected chi connectivity index (χ4v) is 12.1. The molecule has 0 unspecified atom stereocenters. The summed E-state index contributed by atoms with van der Waals surface area (Å²) in [6.07, 6.45) is 8.90. The topological polar surface area (TPSA) is 8.17 Å². The highest BCUT2D eigenvalue weighted by Crippen LogP contribution is 2.56. The second-order valence-corrected chi connectivity index (χ2v) is 18.2. The van der Waals surface area contributed by atoms with E-state index in [9.17, 15) is 0 Å². The maximum absolute atomic E-state index is 2.52. The van der Waals surface area contributed by atoms with E-state index in [1.807, 2.05) is 11.3 Å². The Balaban J connectivity index is 1.05. The largest absolute Gasteiger partial charge is 0.311 e. The molecule has 0 N–H and O–H groups in total. The van der Waals surface area contributed by atoms with Crippen LogP contribution in [0.15, 0.2) is 236 Å². The Kier molecular flexibility index (Phi) is 8.47. The van der Waals surface area contributed by atoms with Gasteiger partial charge in [0.1, 0.15) is 0 Å². The van der Waals surface area contributed by atoms with Crippen LogP contribution in [0.4, 0.5) is 11.4 Å². The SMILES string of the molecule is C1=C\C(N(c2ccc(-c3ccccc3)cc2)c2ccc3sc4ccc5c(c6ccccc6n5-c5ccccc5)c4c3c2)=C/CC2(c3ccccc3C/1)c1ccccc1-c1ccccc12. The number of allylic oxidation sites excluding steroid dienone is 3. The molecule has 0 bridgehead atoms. The van der Waals surface area contributed by atoms with Crippen molar-refractivity contribution in [3.05, 3.63) is 259 Å². The highest BCUT2D eigenvalue weighted by Gasteiger charge is 2.45. The van der Waals surface area contributed by atoms with Crippen LogP contribution in [-0.4, -0.2) is 4.57 Å². The molecule has 0 saturated heterocycles. The van der Waals surface area contributed by atoms with Gasteiger partial charge in [0.15, 0.2) is 0 Å². The molecular weight excluding hydrogens is 793 g/mol. The van der Waals surface area contributed by atoms with Crippen LogP contribution >= 0.6 is 11.3 Å². The summed E-state index contributed by atoms with van der Waals surface area (Å²) in [6, 6.07) is 78.7. The lowest BCUT2D eigenvalue weighted by atomic mass is 9.68. The predicted molar refractivity (Wildman–Crippen MR) is 271 cm³/mol. The van der Waals surface area contributed by atoms with Gasteiger partial charge in [-0.1, -0.05) is 164 Å². The molecule has 0 radical (unpaired) electrons. The molecule has 0 aliphatic heterocycles. The van der Waals surface area contributed by atoms with Gasteiger partial charge >= 0.3 is 0 Å². The molecule has 2 heterocycles. The summed E-state index contributed by atoms with van der Waals surface area (Å²) in [5, 5.41) is 5.17. The minimum atomic E-state index is -0.351. The Hall–Kier alpha value is -7.72. The Bertz CT molecular complexity index is 3620. The van der Waals surface area contributed by atoms with E-state index in [4.69, 9.17) is 0 Å². The summed E-state index contributed by atoms with van der Waals surface area (Å²) in [5.41, 5.74) is 17.3. The van der Waals surface area contributed by atoms with Crippen molar-refractivity contribution in [2.45, 2.75) is 18.3 Å². The van der Waals surface area contributed by atoms with Crippen molar-refractivity contribution in [1.82, 2.24) is 4.57 Å². The zero-order valence-corrected chi connectivity index (χ0v) is 36.0. The van der Waals surface area contributed by atoms with Crippen molar-refractivity contribution in [2.75, 3.05) is 4.90 Å². The van der Waals surface area contributed by atoms with E-state index < -0.39 is 0 Å². The van der Waals surface area contributed by atoms with Crippen LogP contribution in [0.5, 0.6) is 0 Å². The summed E-state index contributed by atoms with van der Waals surface area (Å²) in [6.45, 7) is 0. The number of fused-ring (bicyclic) bond motifs is 14. The van der Waals surface area contributed by atoms with Gasteiger partial charge in [-0.05, 0) is 124 Å². The van der Waals surface area contributed by atoms with Gasteiger partial charge in [-0.2, -0.15) is 0 Å². The molecule has 64 heavy (non-hydrogen) atoms. The quantitative estimate of drug-likeness (QED) is 0.168. The lowest BCUT2D eigenvalue weighted by Gasteiger charge is -2.34. The van der Waals surface area contributed by atoms with Crippen molar-refractivity contribution >= 4 is 64.7 Å². The standard InChI is InChI=1S/C61H42N2S/c1-3-16-41(17-4-1)42-30-32-46(33-31-42)62(45-22-15-19-43-18-7-11-26-52(43)61(39-38-45)53-27-12-8-23-48(53)49-24-9-13-28-54(49)61)47-34-36-57-51(40-47)60-58(64-57)37-35-56-59(60)50-25-10-14-29-55(50)63(56)44-20-5-2-6-21-44/h1-18,20-38,40H,19,39H2/b22-15-,45-38+. The number of thiophene rings is 1. The van der Waals surface area contributed by atoms with Gasteiger partial charge in [0, 0.05) is 53.7 Å². The highest BCUT2D eigenvalue weighted by atomic mass is 32.1. The normalized spacial score (nSPS) is 15.3. The van der Waals surface area contributed by atoms with Crippen LogP contribution < -0.4 is 4.90 Å². The third-order valence-corrected chi connectivity index (χ3v) is 14.9. The molecule has 0 saturated carbocycles. The van der Waals surface area contributed by atoms with E-state index >= 15 is 0 Å². The summed E-state index contributed by atoms with van der Waals surface area (Å²) < 4.78 is 5.02. The molecule has 1 spiro atoms. The molecular formula is C61H42N2S. The van der Waals surface area contributed by atoms with Crippen molar-refractivity contribution in [2.24, 2.45) is 0 Å². The molecule has 13 rings (SSSR count). The lowest BCUT2D eigenvalue weighted by Crippen LogP contribution is -2.28. The van der Waals surface area contributed by atoms with Crippen molar-refractivity contribution in [1.29, 1.82) is 0 Å². The second kappa shape index (κ2) is 14.7. The average Bonchev–Trinajstić information content (AvgIpc) is 4.01. The van der Waals surface area contributed by atoms with Gasteiger partial charge in [0.2, 0.25) is 0 Å². The second-order valence-electron chi connectivity index (χ2n) is 17.1. The van der Waals surface area contributed by atoms with Crippen molar-refractivity contribution in [3.63, 3.8) is 0 Å². The van der Waals surface area contributed by atoms with Gasteiger partial charge in [-0.25, -0.2) is 0 Å². The molecule has 2 aromatic heterocycles. The van der Waals surface area contributed by atoms with E-state index in [0.717, 1.165) is 29.9 Å². The Morgan fingerprint density at radius 1 is 0.469 bits per heavy atom. The maximum atomic E-state index is 2.52. The number of aromatic nitrogens is 1. The predicted octanol–water partition coefficient (Wildman–Crippen LogP) is 16.4. The zero-order valence-electron chi connectivity index (χ0n) is 35.2. The smallest absolute Gasteiger partial charge is 0.0548 e. The van der Waals surface area contributed by atoms with Crippen LogP contribution in [0.3, 0.4) is 0 Å². The van der Waals surface area contributed by atoms with E-state index in [2.05, 4.69) is 240 Å². The van der Waals surface area contributed by atoms with E-state index in [1.54, 1.807) is 0 Å². The molecule has 3 heteroatoms. The van der Waals surface area contributed by atoms with E-state index in [1.165, 1.54) is 92.2 Å². The first-order valence-electron chi connectivity index (χ1n) is 22.3. The molecule has 2 aliphatic carbocycles. The van der Waals surface area contributed by atoms with Crippen molar-refractivity contribution in [3.8, 4) is 27.9 Å². The summed E-state index contributed by atoms with van der Waals surface area (Å²) in [4.78, 5) is 2.50. The molecule has 11 aromatic rings. The number of para-hydroxylation sites is 2. The summed E-state index contributed by atoms with van der Waals surface area (Å²) >= 11 is 1.89. The maximum Gasteiger partial charge on any atom is 0.0548 e. The van der Waals surface area contributed by atoms with Gasteiger partial charge in [-0.15, -0.1) is 11.3 Å². The fourth-order valence-electron chi connectivity index (χ4n) is 11.0. The first-order chi connectivity index (χ1) is 31.7. The van der Waals surface area contributed by atoms with Gasteiger partial charge < -0.3 is 9.47 Å². The first-order valence-corrected chi connectivity index (χ1v) is 23.1. The summed E-state index contributed by atoms with van der Waals surface area (Å²) in [5.74, 6) is 0. The number of rotatable bonds is 5. The number of hydrogen-bond donors (Lipinski definition) is 0. The molecule has 0 fully saturated rings. The third kappa shape index (κ3) is 5.57.